The lowest BCUT2D eigenvalue weighted by atomic mass is 10.2. The Balaban J connectivity index is 1.48. The van der Waals surface area contributed by atoms with Crippen LogP contribution in [-0.2, 0) is 11.2 Å². The van der Waals surface area contributed by atoms with Crippen LogP contribution in [0, 0.1) is 0 Å². The molecule has 1 aromatic carbocycles. The van der Waals surface area contributed by atoms with Crippen LogP contribution in [0.4, 0.5) is 4.79 Å². The normalized spacial score (nSPS) is 20.8. The number of carbonyl (C=O) groups is 1. The van der Waals surface area contributed by atoms with E-state index in [9.17, 15) is 4.79 Å². The lowest BCUT2D eigenvalue weighted by Gasteiger charge is -2.35. The average molecular weight is 328 g/mol. The van der Waals surface area contributed by atoms with E-state index in [1.807, 2.05) is 66.0 Å². The zero-order chi connectivity index (χ0) is 16.9. The number of urea groups is 1. The molecule has 2 amide bonds. The van der Waals surface area contributed by atoms with Gasteiger partial charge in [0.2, 0.25) is 0 Å². The molecule has 3 rings (SSSR count). The minimum atomic E-state index is -0.0282. The van der Waals surface area contributed by atoms with Crippen LogP contribution in [0.5, 0.6) is 0 Å². The summed E-state index contributed by atoms with van der Waals surface area (Å²) in [6, 6.07) is 11.9. The smallest absolute Gasteiger partial charge is 0.317 e. The third kappa shape index (κ3) is 4.14. The molecular weight excluding hydrogens is 304 g/mol. The van der Waals surface area contributed by atoms with Gasteiger partial charge in [-0.1, -0.05) is 18.2 Å². The molecule has 0 aliphatic carbocycles. The number of hydrogen-bond donors (Lipinski definition) is 1. The third-order valence-corrected chi connectivity index (χ3v) is 4.03. The largest absolute Gasteiger partial charge is 0.372 e. The fourth-order valence-corrected chi connectivity index (χ4v) is 2.97. The molecule has 128 valence electrons. The van der Waals surface area contributed by atoms with Crippen molar-refractivity contribution in [2.24, 2.45) is 0 Å². The van der Waals surface area contributed by atoms with E-state index in [2.05, 4.69) is 10.4 Å². The summed E-state index contributed by atoms with van der Waals surface area (Å²) in [6.45, 7) is 5.83. The molecule has 1 saturated heterocycles. The Labute approximate surface area is 142 Å². The molecule has 1 fully saturated rings. The molecule has 2 heterocycles. The number of morpholine rings is 1. The predicted molar refractivity (Wildman–Crippen MR) is 92.2 cm³/mol. The minimum absolute atomic E-state index is 0.0282. The van der Waals surface area contributed by atoms with Crippen molar-refractivity contribution in [1.29, 1.82) is 0 Å². The van der Waals surface area contributed by atoms with Crippen LogP contribution in [0.25, 0.3) is 5.69 Å². The minimum Gasteiger partial charge on any atom is -0.372 e. The second-order valence-electron chi connectivity index (χ2n) is 6.23. The van der Waals surface area contributed by atoms with Crippen LogP contribution in [0.2, 0.25) is 0 Å². The Morgan fingerprint density at radius 3 is 2.62 bits per heavy atom. The standard InChI is InChI=1S/C18H24N4O2/c1-14-12-21(13-15(2)24-14)18(23)19-10-8-16-9-11-22(20-16)17-6-4-3-5-7-17/h3-7,9,11,14-15H,8,10,12-13H2,1-2H3,(H,19,23). The molecular formula is C18H24N4O2. The van der Waals surface area contributed by atoms with Gasteiger partial charge in [0.15, 0.2) is 0 Å². The van der Waals surface area contributed by atoms with Crippen LogP contribution >= 0.6 is 0 Å². The number of amides is 2. The van der Waals surface area contributed by atoms with Gasteiger partial charge < -0.3 is 15.0 Å². The van der Waals surface area contributed by atoms with Crippen LogP contribution in [0.1, 0.15) is 19.5 Å². The SMILES string of the molecule is CC1CN(C(=O)NCCc2ccn(-c3ccccc3)n2)CC(C)O1. The van der Waals surface area contributed by atoms with Crippen molar-refractivity contribution in [3.8, 4) is 5.69 Å². The Hall–Kier alpha value is -2.34. The molecule has 6 nitrogen and oxygen atoms in total. The van der Waals surface area contributed by atoms with Gasteiger partial charge in [-0.15, -0.1) is 0 Å². The summed E-state index contributed by atoms with van der Waals surface area (Å²) in [5.74, 6) is 0. The molecule has 24 heavy (non-hydrogen) atoms. The molecule has 1 aliphatic heterocycles. The molecule has 1 aromatic heterocycles. The zero-order valence-electron chi connectivity index (χ0n) is 14.2. The topological polar surface area (TPSA) is 59.4 Å². The van der Waals surface area contributed by atoms with Gasteiger partial charge in [0.25, 0.3) is 0 Å². The number of nitrogens with zero attached hydrogens (tertiary/aromatic N) is 3. The van der Waals surface area contributed by atoms with E-state index >= 15 is 0 Å². The molecule has 2 unspecified atom stereocenters. The van der Waals surface area contributed by atoms with Crippen molar-refractivity contribution >= 4 is 6.03 Å². The van der Waals surface area contributed by atoms with E-state index in [1.165, 1.54) is 0 Å². The van der Waals surface area contributed by atoms with Crippen molar-refractivity contribution < 1.29 is 9.53 Å². The van der Waals surface area contributed by atoms with Crippen molar-refractivity contribution in [3.63, 3.8) is 0 Å². The highest BCUT2D eigenvalue weighted by atomic mass is 16.5. The monoisotopic (exact) mass is 328 g/mol. The molecule has 1 aliphatic rings. The highest BCUT2D eigenvalue weighted by Crippen LogP contribution is 2.10. The van der Waals surface area contributed by atoms with Crippen molar-refractivity contribution in [1.82, 2.24) is 20.0 Å². The Morgan fingerprint density at radius 2 is 1.92 bits per heavy atom. The second-order valence-corrected chi connectivity index (χ2v) is 6.23. The summed E-state index contributed by atoms with van der Waals surface area (Å²) in [4.78, 5) is 14.1. The van der Waals surface area contributed by atoms with Crippen LogP contribution in [-0.4, -0.2) is 52.6 Å². The molecule has 0 bridgehead atoms. The summed E-state index contributed by atoms with van der Waals surface area (Å²) < 4.78 is 7.50. The molecule has 0 radical (unpaired) electrons. The molecule has 6 heteroatoms. The van der Waals surface area contributed by atoms with E-state index in [0.29, 0.717) is 26.1 Å². The lowest BCUT2D eigenvalue weighted by molar-refractivity contribution is -0.0544. The number of ether oxygens (including phenoxy) is 1. The van der Waals surface area contributed by atoms with Gasteiger partial charge >= 0.3 is 6.03 Å². The van der Waals surface area contributed by atoms with Gasteiger partial charge in [0.05, 0.1) is 23.6 Å². The van der Waals surface area contributed by atoms with Crippen molar-refractivity contribution in [3.05, 3.63) is 48.3 Å². The number of benzene rings is 1. The maximum Gasteiger partial charge on any atom is 0.317 e. The number of hydrogen-bond acceptors (Lipinski definition) is 3. The molecule has 1 N–H and O–H groups in total. The van der Waals surface area contributed by atoms with E-state index in [4.69, 9.17) is 4.74 Å². The maximum absolute atomic E-state index is 12.2. The quantitative estimate of drug-likeness (QED) is 0.936. The fraction of sp³-hybridized carbons (Fsp3) is 0.444. The number of nitrogens with one attached hydrogen (secondary N) is 1. The first-order valence-electron chi connectivity index (χ1n) is 8.40. The first kappa shape index (κ1) is 16.5. The molecule has 2 aromatic rings. The molecule has 0 spiro atoms. The van der Waals surface area contributed by atoms with E-state index in [0.717, 1.165) is 11.4 Å². The third-order valence-electron chi connectivity index (χ3n) is 4.03. The summed E-state index contributed by atoms with van der Waals surface area (Å²) in [5, 5.41) is 7.52. The lowest BCUT2D eigenvalue weighted by Crippen LogP contribution is -2.51. The summed E-state index contributed by atoms with van der Waals surface area (Å²) >= 11 is 0. The maximum atomic E-state index is 12.2. The molecule has 0 saturated carbocycles. The van der Waals surface area contributed by atoms with E-state index < -0.39 is 0 Å². The van der Waals surface area contributed by atoms with Crippen LogP contribution in [0.15, 0.2) is 42.6 Å². The summed E-state index contributed by atoms with van der Waals surface area (Å²) in [5.41, 5.74) is 1.99. The number of carbonyl (C=O) groups excluding carboxylic acids is 1. The van der Waals surface area contributed by atoms with Gasteiger partial charge in [-0.05, 0) is 32.0 Å². The zero-order valence-corrected chi connectivity index (χ0v) is 14.2. The number of para-hydroxylation sites is 1. The van der Waals surface area contributed by atoms with Gasteiger partial charge in [-0.25, -0.2) is 9.48 Å². The highest BCUT2D eigenvalue weighted by Gasteiger charge is 2.25. The van der Waals surface area contributed by atoms with E-state index in [-0.39, 0.29) is 18.2 Å². The van der Waals surface area contributed by atoms with Gasteiger partial charge in [-0.3, -0.25) is 0 Å². The van der Waals surface area contributed by atoms with Crippen molar-refractivity contribution in [2.75, 3.05) is 19.6 Å². The highest BCUT2D eigenvalue weighted by molar-refractivity contribution is 5.74. The van der Waals surface area contributed by atoms with Crippen molar-refractivity contribution in [2.45, 2.75) is 32.5 Å². The van der Waals surface area contributed by atoms with Crippen LogP contribution < -0.4 is 5.32 Å². The van der Waals surface area contributed by atoms with Gasteiger partial charge in [-0.2, -0.15) is 5.10 Å². The Kier molecular flexibility index (Phi) is 5.15. The van der Waals surface area contributed by atoms with E-state index in [1.54, 1.807) is 0 Å². The Bertz CT molecular complexity index is 661. The molecule has 2 atom stereocenters. The summed E-state index contributed by atoms with van der Waals surface area (Å²) in [6.07, 6.45) is 2.82. The van der Waals surface area contributed by atoms with Gasteiger partial charge in [0, 0.05) is 32.3 Å². The predicted octanol–water partition coefficient (Wildman–Crippen LogP) is 2.23. The second kappa shape index (κ2) is 7.49. The van der Waals surface area contributed by atoms with Crippen LogP contribution in [0.3, 0.4) is 0 Å². The first-order chi connectivity index (χ1) is 11.6. The number of rotatable bonds is 4. The summed E-state index contributed by atoms with van der Waals surface area (Å²) in [7, 11) is 0. The average Bonchev–Trinajstić information content (AvgIpc) is 3.03. The fourth-order valence-electron chi connectivity index (χ4n) is 2.97. The number of aromatic nitrogens is 2. The first-order valence-corrected chi connectivity index (χ1v) is 8.40. The Morgan fingerprint density at radius 1 is 1.21 bits per heavy atom. The van der Waals surface area contributed by atoms with Gasteiger partial charge in [0.1, 0.15) is 0 Å².